The third kappa shape index (κ3) is 2.10. The third-order valence-electron chi connectivity index (χ3n) is 2.56. The molecule has 78 valence electrons. The molecule has 2 rings (SSSR count). The first-order chi connectivity index (χ1) is 7.31. The second-order valence-corrected chi connectivity index (χ2v) is 3.55. The summed E-state index contributed by atoms with van der Waals surface area (Å²) >= 11 is 0. The highest BCUT2D eigenvalue weighted by atomic mass is 16.3. The van der Waals surface area contributed by atoms with Gasteiger partial charge in [0.15, 0.2) is 0 Å². The van der Waals surface area contributed by atoms with Gasteiger partial charge in [0.05, 0.1) is 12.5 Å². The normalized spacial score (nSPS) is 12.7. The molecular formula is C13H14O2. The van der Waals surface area contributed by atoms with Crippen molar-refractivity contribution in [2.24, 2.45) is 0 Å². The highest BCUT2D eigenvalue weighted by Crippen LogP contribution is 2.22. The fourth-order valence-corrected chi connectivity index (χ4v) is 1.56. The van der Waals surface area contributed by atoms with Gasteiger partial charge in [0.2, 0.25) is 0 Å². The fourth-order valence-electron chi connectivity index (χ4n) is 1.56. The summed E-state index contributed by atoms with van der Waals surface area (Å²) in [6.07, 6.45) is 3.56. The maximum absolute atomic E-state index is 9.98. The first kappa shape index (κ1) is 9.99. The topological polar surface area (TPSA) is 33.4 Å². The van der Waals surface area contributed by atoms with E-state index in [2.05, 4.69) is 6.92 Å². The zero-order valence-corrected chi connectivity index (χ0v) is 8.68. The van der Waals surface area contributed by atoms with E-state index in [1.165, 1.54) is 5.56 Å². The van der Waals surface area contributed by atoms with Crippen LogP contribution in [0, 0.1) is 0 Å². The van der Waals surface area contributed by atoms with Gasteiger partial charge in [-0.25, -0.2) is 0 Å². The summed E-state index contributed by atoms with van der Waals surface area (Å²) < 4.78 is 4.94. The first-order valence-electron chi connectivity index (χ1n) is 5.10. The van der Waals surface area contributed by atoms with E-state index < -0.39 is 6.10 Å². The summed E-state index contributed by atoms with van der Waals surface area (Å²) in [6, 6.07) is 9.77. The molecule has 1 atom stereocenters. The number of rotatable bonds is 3. The number of aryl methyl sites for hydroxylation is 1. The van der Waals surface area contributed by atoms with Crippen LogP contribution in [0.3, 0.4) is 0 Å². The Morgan fingerprint density at radius 1 is 1.13 bits per heavy atom. The molecular weight excluding hydrogens is 188 g/mol. The van der Waals surface area contributed by atoms with E-state index in [9.17, 15) is 5.11 Å². The summed E-state index contributed by atoms with van der Waals surface area (Å²) in [5, 5.41) is 9.98. The molecule has 1 aromatic carbocycles. The molecule has 1 aromatic heterocycles. The standard InChI is InChI=1S/C13H14O2/c1-2-10-3-5-11(6-4-10)13(14)12-7-8-15-9-12/h3-9,13-14H,2H2,1H3/t13-/m0/s1. The summed E-state index contributed by atoms with van der Waals surface area (Å²) in [7, 11) is 0. The van der Waals surface area contributed by atoms with Gasteiger partial charge in [-0.2, -0.15) is 0 Å². The SMILES string of the molecule is CCc1ccc([C@H](O)c2ccoc2)cc1. The number of furan rings is 1. The van der Waals surface area contributed by atoms with Gasteiger partial charge in [0.1, 0.15) is 6.10 Å². The predicted octanol–water partition coefficient (Wildman–Crippen LogP) is 2.92. The molecule has 2 nitrogen and oxygen atoms in total. The average Bonchev–Trinajstić information content (AvgIpc) is 2.82. The Hall–Kier alpha value is -1.54. The lowest BCUT2D eigenvalue weighted by Gasteiger charge is -2.08. The number of aliphatic hydroxyl groups excluding tert-OH is 1. The monoisotopic (exact) mass is 202 g/mol. The average molecular weight is 202 g/mol. The quantitative estimate of drug-likeness (QED) is 0.830. The Morgan fingerprint density at radius 3 is 2.40 bits per heavy atom. The minimum absolute atomic E-state index is 0.588. The van der Waals surface area contributed by atoms with Crippen molar-refractivity contribution in [3.8, 4) is 0 Å². The van der Waals surface area contributed by atoms with Crippen LogP contribution in [0.15, 0.2) is 47.3 Å². The van der Waals surface area contributed by atoms with Gasteiger partial charge < -0.3 is 9.52 Å². The third-order valence-corrected chi connectivity index (χ3v) is 2.56. The molecule has 0 radical (unpaired) electrons. The molecule has 0 amide bonds. The van der Waals surface area contributed by atoms with Crippen LogP contribution in [0.4, 0.5) is 0 Å². The number of aliphatic hydroxyl groups is 1. The molecule has 0 saturated carbocycles. The Balaban J connectivity index is 2.22. The van der Waals surface area contributed by atoms with E-state index in [1.807, 2.05) is 24.3 Å². The molecule has 2 aromatic rings. The van der Waals surface area contributed by atoms with Crippen LogP contribution >= 0.6 is 0 Å². The van der Waals surface area contributed by atoms with Crippen molar-refractivity contribution < 1.29 is 9.52 Å². The highest BCUT2D eigenvalue weighted by Gasteiger charge is 2.10. The van der Waals surface area contributed by atoms with Gasteiger partial charge in [-0.15, -0.1) is 0 Å². The Labute approximate surface area is 89.2 Å². The van der Waals surface area contributed by atoms with Gasteiger partial charge in [-0.3, -0.25) is 0 Å². The van der Waals surface area contributed by atoms with Crippen LogP contribution in [0.25, 0.3) is 0 Å². The molecule has 1 heterocycles. The van der Waals surface area contributed by atoms with Gasteiger partial charge in [0.25, 0.3) is 0 Å². The Kier molecular flexibility index (Phi) is 2.88. The number of benzene rings is 1. The van der Waals surface area contributed by atoms with Crippen molar-refractivity contribution in [3.05, 3.63) is 59.5 Å². The molecule has 0 fully saturated rings. The van der Waals surface area contributed by atoms with E-state index >= 15 is 0 Å². The molecule has 1 N–H and O–H groups in total. The maximum atomic E-state index is 9.98. The Morgan fingerprint density at radius 2 is 1.87 bits per heavy atom. The molecule has 0 spiro atoms. The summed E-state index contributed by atoms with van der Waals surface area (Å²) in [5.41, 5.74) is 2.96. The van der Waals surface area contributed by atoms with Crippen LogP contribution in [0.5, 0.6) is 0 Å². The van der Waals surface area contributed by atoms with Crippen molar-refractivity contribution >= 4 is 0 Å². The number of hydrogen-bond donors (Lipinski definition) is 1. The summed E-state index contributed by atoms with van der Waals surface area (Å²) in [4.78, 5) is 0. The fraction of sp³-hybridized carbons (Fsp3) is 0.231. The lowest BCUT2D eigenvalue weighted by atomic mass is 10.0. The van der Waals surface area contributed by atoms with Crippen molar-refractivity contribution in [2.45, 2.75) is 19.4 Å². The summed E-state index contributed by atoms with van der Waals surface area (Å²) in [5.74, 6) is 0. The number of hydrogen-bond acceptors (Lipinski definition) is 2. The Bertz CT molecular complexity index is 401. The second-order valence-electron chi connectivity index (χ2n) is 3.55. The van der Waals surface area contributed by atoms with Crippen molar-refractivity contribution in [2.75, 3.05) is 0 Å². The second kappa shape index (κ2) is 4.32. The lowest BCUT2D eigenvalue weighted by Crippen LogP contribution is -1.97. The lowest BCUT2D eigenvalue weighted by molar-refractivity contribution is 0.219. The highest BCUT2D eigenvalue weighted by molar-refractivity contribution is 5.30. The van der Waals surface area contributed by atoms with Crippen molar-refractivity contribution in [1.29, 1.82) is 0 Å². The summed E-state index contributed by atoms with van der Waals surface area (Å²) in [6.45, 7) is 2.11. The molecule has 0 bridgehead atoms. The molecule has 0 aliphatic carbocycles. The van der Waals surface area contributed by atoms with Gasteiger partial charge in [-0.05, 0) is 23.6 Å². The van der Waals surface area contributed by atoms with Crippen LogP contribution in [-0.2, 0) is 6.42 Å². The minimum atomic E-state index is -0.588. The molecule has 0 saturated heterocycles. The van der Waals surface area contributed by atoms with Crippen molar-refractivity contribution in [3.63, 3.8) is 0 Å². The smallest absolute Gasteiger partial charge is 0.107 e. The molecule has 0 unspecified atom stereocenters. The van der Waals surface area contributed by atoms with E-state index in [0.29, 0.717) is 0 Å². The van der Waals surface area contributed by atoms with Crippen LogP contribution < -0.4 is 0 Å². The van der Waals surface area contributed by atoms with Gasteiger partial charge in [0, 0.05) is 5.56 Å². The van der Waals surface area contributed by atoms with Crippen LogP contribution in [-0.4, -0.2) is 5.11 Å². The van der Waals surface area contributed by atoms with Gasteiger partial charge >= 0.3 is 0 Å². The van der Waals surface area contributed by atoms with E-state index in [4.69, 9.17) is 4.42 Å². The van der Waals surface area contributed by atoms with Crippen LogP contribution in [0.2, 0.25) is 0 Å². The van der Waals surface area contributed by atoms with Gasteiger partial charge in [-0.1, -0.05) is 31.2 Å². The zero-order chi connectivity index (χ0) is 10.7. The van der Waals surface area contributed by atoms with E-state index in [-0.39, 0.29) is 0 Å². The molecule has 15 heavy (non-hydrogen) atoms. The largest absolute Gasteiger partial charge is 0.472 e. The van der Waals surface area contributed by atoms with E-state index in [1.54, 1.807) is 18.6 Å². The van der Waals surface area contributed by atoms with E-state index in [0.717, 1.165) is 17.5 Å². The molecule has 0 aliphatic heterocycles. The van der Waals surface area contributed by atoms with Crippen molar-refractivity contribution in [1.82, 2.24) is 0 Å². The van der Waals surface area contributed by atoms with Crippen LogP contribution in [0.1, 0.15) is 29.7 Å². The first-order valence-corrected chi connectivity index (χ1v) is 5.10. The zero-order valence-electron chi connectivity index (χ0n) is 8.68. The molecule has 2 heteroatoms. The maximum Gasteiger partial charge on any atom is 0.107 e. The minimum Gasteiger partial charge on any atom is -0.472 e. The predicted molar refractivity (Wildman–Crippen MR) is 58.6 cm³/mol. The molecule has 0 aliphatic rings.